The molecule has 0 spiro atoms. The maximum Gasteiger partial charge on any atom is 0.00720 e. The monoisotopic (exact) mass is 186 g/mol. The van der Waals surface area contributed by atoms with Crippen LogP contribution in [0.4, 0.5) is 0 Å². The van der Waals surface area contributed by atoms with Gasteiger partial charge < -0.3 is 12.3 Å². The van der Waals surface area contributed by atoms with E-state index >= 15 is 0 Å². The minimum atomic E-state index is 0. The van der Waals surface area contributed by atoms with E-state index in [1.165, 1.54) is 16.7 Å². The van der Waals surface area contributed by atoms with E-state index in [0.717, 1.165) is 4.90 Å². The molecule has 1 rings (SSSR count). The van der Waals surface area contributed by atoms with Crippen LogP contribution in [0.3, 0.4) is 0 Å². The van der Waals surface area contributed by atoms with Crippen LogP contribution >= 0.6 is 12.6 Å². The Kier molecular flexibility index (Phi) is 6.07. The van der Waals surface area contributed by atoms with Gasteiger partial charge in [0.2, 0.25) is 0 Å². The van der Waals surface area contributed by atoms with Gasteiger partial charge in [0.25, 0.3) is 0 Å². The lowest BCUT2D eigenvalue weighted by Crippen LogP contribution is -1.86. The van der Waals surface area contributed by atoms with E-state index in [0.29, 0.717) is 0 Å². The normalized spacial score (nSPS) is 8.33. The zero-order chi connectivity index (χ0) is 7.72. The van der Waals surface area contributed by atoms with Crippen LogP contribution in [0.2, 0.25) is 0 Å². The van der Waals surface area contributed by atoms with Crippen molar-refractivity contribution >= 4 is 12.6 Å². The van der Waals surface area contributed by atoms with Gasteiger partial charge in [-0.3, -0.25) is 0 Å². The molecule has 12 heavy (non-hydrogen) atoms. The second-order valence-corrected chi connectivity index (χ2v) is 3.13. The summed E-state index contributed by atoms with van der Waals surface area (Å²) in [5, 5.41) is 0. The Morgan fingerprint density at radius 1 is 0.917 bits per heavy atom. The standard InChI is InChI=1S/C9H12S.2H3N/c1-6-4-5-9(10)8(3)7(6)2;;/h4-5,10H,1-3H3;2*1H3. The van der Waals surface area contributed by atoms with Gasteiger partial charge in [0.1, 0.15) is 0 Å². The maximum absolute atomic E-state index is 4.31. The molecule has 70 valence electrons. The predicted molar refractivity (Wildman–Crippen MR) is 57.9 cm³/mol. The molecule has 3 heteroatoms. The SMILES string of the molecule is Cc1ccc(S)c(C)c1C.N.N. The van der Waals surface area contributed by atoms with E-state index in [1.54, 1.807) is 0 Å². The molecule has 0 radical (unpaired) electrons. The molecule has 1 aromatic rings. The van der Waals surface area contributed by atoms with Crippen LogP contribution in [0.1, 0.15) is 16.7 Å². The molecule has 2 nitrogen and oxygen atoms in total. The van der Waals surface area contributed by atoms with Crippen LogP contribution in [0.25, 0.3) is 0 Å². The van der Waals surface area contributed by atoms with Crippen molar-refractivity contribution in [3.05, 3.63) is 28.8 Å². The number of benzene rings is 1. The van der Waals surface area contributed by atoms with Crippen molar-refractivity contribution < 1.29 is 0 Å². The number of hydrogen-bond acceptors (Lipinski definition) is 3. The van der Waals surface area contributed by atoms with Gasteiger partial charge in [-0.1, -0.05) is 6.07 Å². The Balaban J connectivity index is 0. The van der Waals surface area contributed by atoms with Crippen molar-refractivity contribution in [1.82, 2.24) is 12.3 Å². The molecule has 0 aliphatic rings. The van der Waals surface area contributed by atoms with Gasteiger partial charge in [-0.15, -0.1) is 12.6 Å². The van der Waals surface area contributed by atoms with Gasteiger partial charge in [0, 0.05) is 4.90 Å². The lowest BCUT2D eigenvalue weighted by Gasteiger charge is -2.05. The van der Waals surface area contributed by atoms with Crippen LogP contribution in [0, 0.1) is 20.8 Å². The summed E-state index contributed by atoms with van der Waals surface area (Å²) in [5.41, 5.74) is 3.99. The zero-order valence-electron chi connectivity index (χ0n) is 8.02. The number of thiol groups is 1. The second kappa shape index (κ2) is 5.19. The van der Waals surface area contributed by atoms with E-state index in [1.807, 2.05) is 6.07 Å². The molecule has 6 N–H and O–H groups in total. The number of aryl methyl sites for hydroxylation is 1. The molecule has 0 unspecified atom stereocenters. The Bertz CT molecular complexity index is 232. The molecule has 0 aromatic heterocycles. The van der Waals surface area contributed by atoms with E-state index < -0.39 is 0 Å². The van der Waals surface area contributed by atoms with Crippen molar-refractivity contribution in [3.63, 3.8) is 0 Å². The number of hydrogen-bond donors (Lipinski definition) is 3. The predicted octanol–water partition coefficient (Wildman–Crippen LogP) is 3.22. The highest BCUT2D eigenvalue weighted by atomic mass is 32.1. The lowest BCUT2D eigenvalue weighted by atomic mass is 10.1. The average Bonchev–Trinajstić information content (AvgIpc) is 1.93. The molecule has 0 saturated carbocycles. The van der Waals surface area contributed by atoms with Crippen LogP contribution in [0.15, 0.2) is 17.0 Å². The van der Waals surface area contributed by atoms with Crippen molar-refractivity contribution in [3.8, 4) is 0 Å². The molecule has 0 atom stereocenters. The van der Waals surface area contributed by atoms with Gasteiger partial charge in [0.15, 0.2) is 0 Å². The summed E-state index contributed by atoms with van der Waals surface area (Å²) in [7, 11) is 0. The van der Waals surface area contributed by atoms with Gasteiger partial charge in [-0.25, -0.2) is 0 Å². The van der Waals surface area contributed by atoms with E-state index in [2.05, 4.69) is 39.5 Å². The summed E-state index contributed by atoms with van der Waals surface area (Å²) in [4.78, 5) is 1.09. The minimum absolute atomic E-state index is 0. The van der Waals surface area contributed by atoms with Gasteiger partial charge in [-0.05, 0) is 43.5 Å². The van der Waals surface area contributed by atoms with Crippen molar-refractivity contribution in [2.45, 2.75) is 25.7 Å². The summed E-state index contributed by atoms with van der Waals surface area (Å²) in [6, 6.07) is 4.14. The Morgan fingerprint density at radius 2 is 1.42 bits per heavy atom. The first kappa shape index (κ1) is 14.0. The highest BCUT2D eigenvalue weighted by molar-refractivity contribution is 7.80. The third-order valence-corrected chi connectivity index (χ3v) is 2.51. The maximum atomic E-state index is 4.31. The summed E-state index contributed by atoms with van der Waals surface area (Å²) in [6.45, 7) is 6.35. The van der Waals surface area contributed by atoms with Crippen molar-refractivity contribution in [1.29, 1.82) is 0 Å². The van der Waals surface area contributed by atoms with E-state index in [-0.39, 0.29) is 12.3 Å². The molecule has 1 aromatic carbocycles. The molecule has 0 aliphatic heterocycles. The summed E-state index contributed by atoms with van der Waals surface area (Å²) < 4.78 is 0. The zero-order valence-corrected chi connectivity index (χ0v) is 8.91. The van der Waals surface area contributed by atoms with Crippen LogP contribution < -0.4 is 12.3 Å². The molecule has 0 heterocycles. The summed E-state index contributed by atoms with van der Waals surface area (Å²) in [5.74, 6) is 0. The quantitative estimate of drug-likeness (QED) is 0.544. The molecular formula is C9H18N2S. The van der Waals surface area contributed by atoms with Gasteiger partial charge in [-0.2, -0.15) is 0 Å². The first-order chi connectivity index (χ1) is 4.63. The highest BCUT2D eigenvalue weighted by Crippen LogP contribution is 2.19. The third-order valence-electron chi connectivity index (χ3n) is 2.03. The first-order valence-corrected chi connectivity index (χ1v) is 3.83. The van der Waals surface area contributed by atoms with Crippen molar-refractivity contribution in [2.24, 2.45) is 0 Å². The fourth-order valence-corrected chi connectivity index (χ4v) is 1.18. The molecule has 0 saturated heterocycles. The lowest BCUT2D eigenvalue weighted by molar-refractivity contribution is 1.19. The summed E-state index contributed by atoms with van der Waals surface area (Å²) in [6.07, 6.45) is 0. The molecule has 0 amide bonds. The summed E-state index contributed by atoms with van der Waals surface area (Å²) >= 11 is 4.31. The van der Waals surface area contributed by atoms with E-state index in [9.17, 15) is 0 Å². The van der Waals surface area contributed by atoms with Crippen LogP contribution in [-0.4, -0.2) is 0 Å². The second-order valence-electron chi connectivity index (χ2n) is 2.65. The topological polar surface area (TPSA) is 70.0 Å². The molecule has 0 bridgehead atoms. The Labute approximate surface area is 80.0 Å². The largest absolute Gasteiger partial charge is 0.344 e. The van der Waals surface area contributed by atoms with E-state index in [4.69, 9.17) is 0 Å². The Hall–Kier alpha value is -0.510. The average molecular weight is 186 g/mol. The highest BCUT2D eigenvalue weighted by Gasteiger charge is 1.98. The van der Waals surface area contributed by atoms with Crippen LogP contribution in [-0.2, 0) is 0 Å². The van der Waals surface area contributed by atoms with Gasteiger partial charge in [0.05, 0.1) is 0 Å². The fourth-order valence-electron chi connectivity index (χ4n) is 0.942. The van der Waals surface area contributed by atoms with Gasteiger partial charge >= 0.3 is 0 Å². The molecular weight excluding hydrogens is 168 g/mol. The fraction of sp³-hybridized carbons (Fsp3) is 0.333. The molecule has 0 fully saturated rings. The molecule has 0 aliphatic carbocycles. The smallest absolute Gasteiger partial charge is 0.00720 e. The minimum Gasteiger partial charge on any atom is -0.344 e. The van der Waals surface area contributed by atoms with Crippen LogP contribution in [0.5, 0.6) is 0 Å². The third kappa shape index (κ3) is 2.52. The number of rotatable bonds is 0. The first-order valence-electron chi connectivity index (χ1n) is 3.38. The van der Waals surface area contributed by atoms with Crippen molar-refractivity contribution in [2.75, 3.05) is 0 Å². The Morgan fingerprint density at radius 3 is 1.83 bits per heavy atom.